The second kappa shape index (κ2) is 70.4. The zero-order valence-corrected chi connectivity index (χ0v) is 60.9. The van der Waals surface area contributed by atoms with Crippen LogP contribution in [0.2, 0.25) is 0 Å². The van der Waals surface area contributed by atoms with Crippen LogP contribution in [-0.4, -0.2) is 28.1 Å². The molecule has 1 saturated carbocycles. The van der Waals surface area contributed by atoms with Gasteiger partial charge >= 0.3 is 5.97 Å². The first-order valence-electron chi connectivity index (χ1n) is 41.8. The Labute approximate surface area is 554 Å². The Morgan fingerprint density at radius 1 is 0.284 bits per heavy atom. The number of carboxylic acid groups (broad SMARTS) is 1. The highest BCUT2D eigenvalue weighted by molar-refractivity contribution is 5.80. The van der Waals surface area contributed by atoms with Crippen LogP contribution in [0.15, 0.2) is 0 Å². The monoisotopic (exact) mass is 1240 g/mol. The molecule has 4 heteroatoms. The van der Waals surface area contributed by atoms with E-state index in [0.717, 1.165) is 56.8 Å². The smallest absolute Gasteiger partial charge is 0.309 e. The maximum atomic E-state index is 12.7. The predicted molar refractivity (Wildman–Crippen MR) is 391 cm³/mol. The summed E-state index contributed by atoms with van der Waals surface area (Å²) in [5, 5.41) is 20.6. The van der Waals surface area contributed by atoms with Crippen LogP contribution < -0.4 is 0 Å². The molecule has 88 heavy (non-hydrogen) atoms. The van der Waals surface area contributed by atoms with Crippen molar-refractivity contribution >= 4 is 11.8 Å². The third-order valence-corrected chi connectivity index (χ3v) is 21.6. The Morgan fingerprint density at radius 2 is 0.489 bits per heavy atom. The van der Waals surface area contributed by atoms with Crippen molar-refractivity contribution in [3.8, 4) is 0 Å². The maximum absolute atomic E-state index is 12.7. The lowest BCUT2D eigenvalue weighted by Gasteiger charge is -2.19. The number of aliphatic hydroxyl groups is 1. The number of carbonyl (C=O) groups is 2. The Kier molecular flexibility index (Phi) is 68.1. The molecule has 0 aliphatic heterocycles. The Hall–Kier alpha value is -0.900. The van der Waals surface area contributed by atoms with Gasteiger partial charge in [-0.25, -0.2) is 0 Å². The molecular weight excluding hydrogens is 1070 g/mol. The summed E-state index contributed by atoms with van der Waals surface area (Å²) in [4.78, 5) is 24.7. The summed E-state index contributed by atoms with van der Waals surface area (Å²) in [6.07, 6.45) is 99.4. The highest BCUT2D eigenvalue weighted by Gasteiger charge is 2.35. The van der Waals surface area contributed by atoms with E-state index < -0.39 is 18.0 Å². The molecule has 0 aromatic carbocycles. The van der Waals surface area contributed by atoms with Crippen LogP contribution in [0.25, 0.3) is 0 Å². The minimum absolute atomic E-state index is 0.281. The van der Waals surface area contributed by atoms with Gasteiger partial charge in [-0.2, -0.15) is 0 Å². The zero-order chi connectivity index (χ0) is 63.4. The minimum atomic E-state index is -0.800. The van der Waals surface area contributed by atoms with E-state index in [9.17, 15) is 19.8 Å². The van der Waals surface area contributed by atoms with Gasteiger partial charge in [0, 0.05) is 12.3 Å². The summed E-state index contributed by atoms with van der Waals surface area (Å²) in [6.45, 7) is 6.79. The lowest BCUT2D eigenvalue weighted by Crippen LogP contribution is -2.28. The number of Topliss-reactive ketones (excluding diaryl/α,β-unsaturated/α-hetero) is 1. The van der Waals surface area contributed by atoms with Crippen molar-refractivity contribution < 1.29 is 19.8 Å². The van der Waals surface area contributed by atoms with Crippen molar-refractivity contribution in [2.24, 2.45) is 23.7 Å². The number of carbonyl (C=O) groups excluding carboxylic acids is 1. The number of ketones is 1. The molecule has 1 rings (SSSR count). The molecule has 0 saturated heterocycles. The molecule has 2 unspecified atom stereocenters. The first-order chi connectivity index (χ1) is 43.4. The number of carboxylic acids is 1. The van der Waals surface area contributed by atoms with Gasteiger partial charge in [0.05, 0.1) is 12.0 Å². The van der Waals surface area contributed by atoms with Crippen molar-refractivity contribution in [1.82, 2.24) is 0 Å². The molecule has 0 spiro atoms. The molecule has 0 aromatic rings. The van der Waals surface area contributed by atoms with Crippen LogP contribution in [0.3, 0.4) is 0 Å². The van der Waals surface area contributed by atoms with E-state index in [1.54, 1.807) is 0 Å². The molecule has 2 N–H and O–H groups in total. The molecule has 0 amide bonds. The molecule has 1 aliphatic carbocycles. The highest BCUT2D eigenvalue weighted by Crippen LogP contribution is 2.46. The number of rotatable bonds is 78. The molecular formula is C84H164O4. The molecule has 0 bridgehead atoms. The summed E-state index contributed by atoms with van der Waals surface area (Å²) in [6, 6.07) is 0. The van der Waals surface area contributed by atoms with Gasteiger partial charge in [-0.15, -0.1) is 0 Å². The van der Waals surface area contributed by atoms with Gasteiger partial charge < -0.3 is 10.2 Å². The molecule has 5 atom stereocenters. The Balaban J connectivity index is 1.75. The van der Waals surface area contributed by atoms with Crippen molar-refractivity contribution in [2.75, 3.05) is 0 Å². The van der Waals surface area contributed by atoms with Crippen LogP contribution in [0, 0.1) is 23.7 Å². The number of aliphatic carboxylic acids is 1. The number of aliphatic hydroxyl groups excluding tert-OH is 1. The standard InChI is InChI=1S/C84H164O4/c1-4-6-8-10-12-14-16-18-20-22-23-24-25-26-27-32-38-44-50-56-62-68-74-81(84(87)88)83(86)76-70-64-58-52-46-40-34-37-43-49-55-61-67-73-80-77-79(80)72-66-60-54-48-42-36-31-28-29-33-39-45-51-57-63-69-75-82(85)78(3)71-65-59-53-47-41-35-30-21-19-17-15-13-11-9-7-5-2/h78-81,83,86H,4-77H2,1-3H3,(H,87,88)/t78?,79-,80+,81?,83+/m0/s1. The van der Waals surface area contributed by atoms with Crippen LogP contribution in [0.5, 0.6) is 0 Å². The van der Waals surface area contributed by atoms with E-state index in [1.807, 2.05) is 0 Å². The first kappa shape index (κ1) is 85.1. The highest BCUT2D eigenvalue weighted by atomic mass is 16.4. The predicted octanol–water partition coefficient (Wildman–Crippen LogP) is 29.4. The largest absolute Gasteiger partial charge is 0.481 e. The first-order valence-corrected chi connectivity index (χ1v) is 41.8. The van der Waals surface area contributed by atoms with E-state index in [1.165, 1.54) is 417 Å². The fraction of sp³-hybridized carbons (Fsp3) is 0.976. The van der Waals surface area contributed by atoms with Crippen molar-refractivity contribution in [1.29, 1.82) is 0 Å². The van der Waals surface area contributed by atoms with Gasteiger partial charge in [0.2, 0.25) is 0 Å². The summed E-state index contributed by atoms with van der Waals surface area (Å²) in [5.74, 6) is 1.58. The molecule has 1 fully saturated rings. The van der Waals surface area contributed by atoms with E-state index in [0.29, 0.717) is 18.6 Å². The van der Waals surface area contributed by atoms with E-state index in [-0.39, 0.29) is 5.92 Å². The lowest BCUT2D eigenvalue weighted by molar-refractivity contribution is -0.146. The van der Waals surface area contributed by atoms with E-state index in [4.69, 9.17) is 0 Å². The van der Waals surface area contributed by atoms with Gasteiger partial charge in [0.1, 0.15) is 5.78 Å². The average Bonchev–Trinajstić information content (AvgIpc) is 4.30. The molecule has 0 aromatic heterocycles. The summed E-state index contributed by atoms with van der Waals surface area (Å²) in [7, 11) is 0. The summed E-state index contributed by atoms with van der Waals surface area (Å²) < 4.78 is 0. The number of unbranched alkanes of at least 4 members (excludes halogenated alkanes) is 63. The third kappa shape index (κ3) is 62.5. The maximum Gasteiger partial charge on any atom is 0.309 e. The SMILES string of the molecule is CCCCCCCCCCCCCCCCCCCCCCCCC(C(=O)O)[C@H](O)CCCCCCCCCCCCCCC[C@@H]1C[C@@H]1CCCCCCCCCCCCCCCCCCC(=O)C(C)CCCCCCCCCCCCCCCCCC. The normalized spacial score (nSPS) is 15.1. The number of hydrogen-bond acceptors (Lipinski definition) is 3. The van der Waals surface area contributed by atoms with E-state index >= 15 is 0 Å². The second-order valence-corrected chi connectivity index (χ2v) is 30.3. The van der Waals surface area contributed by atoms with Gasteiger partial charge in [0.25, 0.3) is 0 Å². The third-order valence-electron chi connectivity index (χ3n) is 21.6. The van der Waals surface area contributed by atoms with Crippen LogP contribution in [0.4, 0.5) is 0 Å². The second-order valence-electron chi connectivity index (χ2n) is 30.3. The van der Waals surface area contributed by atoms with Gasteiger partial charge in [-0.05, 0) is 43.9 Å². The molecule has 1 aliphatic rings. The molecule has 0 radical (unpaired) electrons. The van der Waals surface area contributed by atoms with E-state index in [2.05, 4.69) is 20.8 Å². The van der Waals surface area contributed by atoms with Crippen LogP contribution in [-0.2, 0) is 9.59 Å². The van der Waals surface area contributed by atoms with Gasteiger partial charge in [-0.1, -0.05) is 457 Å². The van der Waals surface area contributed by atoms with Crippen molar-refractivity contribution in [3.63, 3.8) is 0 Å². The molecule has 0 heterocycles. The fourth-order valence-corrected chi connectivity index (χ4v) is 15.0. The van der Waals surface area contributed by atoms with Gasteiger partial charge in [-0.3, -0.25) is 9.59 Å². The summed E-state index contributed by atoms with van der Waals surface area (Å²) in [5.41, 5.74) is 0. The van der Waals surface area contributed by atoms with Crippen LogP contribution >= 0.6 is 0 Å². The zero-order valence-electron chi connectivity index (χ0n) is 60.9. The quantitative estimate of drug-likeness (QED) is 0.0595. The Morgan fingerprint density at radius 3 is 0.739 bits per heavy atom. The topological polar surface area (TPSA) is 74.6 Å². The lowest BCUT2D eigenvalue weighted by atomic mass is 9.91. The number of hydrogen-bond donors (Lipinski definition) is 2. The molecule has 524 valence electrons. The summed E-state index contributed by atoms with van der Waals surface area (Å²) >= 11 is 0. The van der Waals surface area contributed by atoms with Crippen molar-refractivity contribution in [2.45, 2.75) is 502 Å². The minimum Gasteiger partial charge on any atom is -0.481 e. The molecule has 4 nitrogen and oxygen atoms in total. The average molecular weight is 1240 g/mol. The van der Waals surface area contributed by atoms with Crippen LogP contribution in [0.1, 0.15) is 496 Å². The fourth-order valence-electron chi connectivity index (χ4n) is 15.0. The van der Waals surface area contributed by atoms with Crippen molar-refractivity contribution in [3.05, 3.63) is 0 Å². The van der Waals surface area contributed by atoms with Gasteiger partial charge in [0.15, 0.2) is 0 Å². The Bertz CT molecular complexity index is 1360.